The first kappa shape index (κ1) is 14.6. The van der Waals surface area contributed by atoms with Crippen LogP contribution in [0.1, 0.15) is 25.5 Å². The lowest BCUT2D eigenvalue weighted by molar-refractivity contribution is 0.169. The van der Waals surface area contributed by atoms with Crippen LogP contribution in [0, 0.1) is 0 Å². The Morgan fingerprint density at radius 2 is 1.95 bits per heavy atom. The molecule has 0 amide bonds. The second-order valence-electron chi connectivity index (χ2n) is 4.50. The average Bonchev–Trinajstić information content (AvgIpc) is 2.44. The van der Waals surface area contributed by atoms with Crippen molar-refractivity contribution in [3.8, 4) is 11.5 Å². The molecule has 5 heteroatoms. The summed E-state index contributed by atoms with van der Waals surface area (Å²) in [5.74, 6) is 1.60. The van der Waals surface area contributed by atoms with Gasteiger partial charge >= 0.3 is 0 Å². The standard InChI is InChI=1S/C14H21BrN2O2/c1-3-17(4-2)12(9-16)10-7-11(15)14-13(8-10)18-5-6-19-14/h7-8,12H,3-6,9,16H2,1-2H3. The average molecular weight is 329 g/mol. The Kier molecular flexibility index (Phi) is 5.07. The van der Waals surface area contributed by atoms with Crippen molar-refractivity contribution < 1.29 is 9.47 Å². The molecule has 106 valence electrons. The Balaban J connectivity index is 2.35. The summed E-state index contributed by atoms with van der Waals surface area (Å²) >= 11 is 3.56. The fourth-order valence-electron chi connectivity index (χ4n) is 2.48. The van der Waals surface area contributed by atoms with Gasteiger partial charge in [0, 0.05) is 12.6 Å². The zero-order valence-electron chi connectivity index (χ0n) is 11.5. The Bertz CT molecular complexity index is 436. The van der Waals surface area contributed by atoms with E-state index in [0.29, 0.717) is 19.8 Å². The number of ether oxygens (including phenoxy) is 2. The molecule has 1 atom stereocenters. The van der Waals surface area contributed by atoms with Crippen LogP contribution >= 0.6 is 15.9 Å². The molecule has 1 heterocycles. The summed E-state index contributed by atoms with van der Waals surface area (Å²) in [6, 6.07) is 4.35. The highest BCUT2D eigenvalue weighted by molar-refractivity contribution is 9.10. The van der Waals surface area contributed by atoms with Crippen molar-refractivity contribution in [2.45, 2.75) is 19.9 Å². The SMILES string of the molecule is CCN(CC)C(CN)c1cc(Br)c2c(c1)OCCO2. The van der Waals surface area contributed by atoms with Crippen molar-refractivity contribution in [1.82, 2.24) is 4.90 Å². The van der Waals surface area contributed by atoms with Crippen LogP contribution in [-0.2, 0) is 0 Å². The van der Waals surface area contributed by atoms with E-state index in [1.54, 1.807) is 0 Å². The molecular formula is C14H21BrN2O2. The fraction of sp³-hybridized carbons (Fsp3) is 0.571. The van der Waals surface area contributed by atoms with Gasteiger partial charge in [0.2, 0.25) is 0 Å². The third-order valence-electron chi connectivity index (χ3n) is 3.48. The van der Waals surface area contributed by atoms with Gasteiger partial charge < -0.3 is 15.2 Å². The van der Waals surface area contributed by atoms with Gasteiger partial charge in [-0.2, -0.15) is 0 Å². The third kappa shape index (κ3) is 3.04. The predicted molar refractivity (Wildman–Crippen MR) is 79.8 cm³/mol. The molecule has 1 aliphatic rings. The molecule has 0 aromatic heterocycles. The van der Waals surface area contributed by atoms with E-state index in [9.17, 15) is 0 Å². The zero-order valence-corrected chi connectivity index (χ0v) is 13.1. The second kappa shape index (κ2) is 6.59. The maximum atomic E-state index is 5.95. The molecular weight excluding hydrogens is 308 g/mol. The number of rotatable bonds is 5. The van der Waals surface area contributed by atoms with Crippen LogP contribution in [0.3, 0.4) is 0 Å². The minimum Gasteiger partial charge on any atom is -0.486 e. The van der Waals surface area contributed by atoms with Gasteiger partial charge in [0.25, 0.3) is 0 Å². The summed E-state index contributed by atoms with van der Waals surface area (Å²) in [5, 5.41) is 0. The molecule has 0 bridgehead atoms. The van der Waals surface area contributed by atoms with E-state index < -0.39 is 0 Å². The number of likely N-dealkylation sites (N-methyl/N-ethyl adjacent to an activating group) is 1. The van der Waals surface area contributed by atoms with E-state index in [1.165, 1.54) is 5.56 Å². The van der Waals surface area contributed by atoms with Crippen LogP contribution in [0.4, 0.5) is 0 Å². The van der Waals surface area contributed by atoms with Crippen molar-refractivity contribution in [2.75, 3.05) is 32.8 Å². The third-order valence-corrected chi connectivity index (χ3v) is 4.07. The van der Waals surface area contributed by atoms with Crippen LogP contribution in [0.5, 0.6) is 11.5 Å². The van der Waals surface area contributed by atoms with Crippen molar-refractivity contribution in [2.24, 2.45) is 5.73 Å². The summed E-state index contributed by atoms with van der Waals surface area (Å²) in [6.07, 6.45) is 0. The van der Waals surface area contributed by atoms with Crippen LogP contribution in [0.2, 0.25) is 0 Å². The highest BCUT2D eigenvalue weighted by atomic mass is 79.9. The van der Waals surface area contributed by atoms with Gasteiger partial charge in [-0.15, -0.1) is 0 Å². The molecule has 0 radical (unpaired) electrons. The topological polar surface area (TPSA) is 47.7 Å². The molecule has 0 aliphatic carbocycles. The molecule has 2 N–H and O–H groups in total. The lowest BCUT2D eigenvalue weighted by Gasteiger charge is -2.30. The fourth-order valence-corrected chi connectivity index (χ4v) is 3.06. The minimum atomic E-state index is 0.210. The Morgan fingerprint density at radius 3 is 2.58 bits per heavy atom. The number of hydrogen-bond acceptors (Lipinski definition) is 4. The normalized spacial score (nSPS) is 15.6. The highest BCUT2D eigenvalue weighted by Gasteiger charge is 2.22. The van der Waals surface area contributed by atoms with E-state index in [2.05, 4.69) is 46.8 Å². The first-order valence-corrected chi connectivity index (χ1v) is 7.53. The van der Waals surface area contributed by atoms with Crippen molar-refractivity contribution in [3.63, 3.8) is 0 Å². The van der Waals surface area contributed by atoms with E-state index in [4.69, 9.17) is 15.2 Å². The number of halogens is 1. The zero-order chi connectivity index (χ0) is 13.8. The van der Waals surface area contributed by atoms with Crippen LogP contribution in [-0.4, -0.2) is 37.7 Å². The quantitative estimate of drug-likeness (QED) is 0.902. The molecule has 19 heavy (non-hydrogen) atoms. The van der Waals surface area contributed by atoms with Gasteiger partial charge in [0.15, 0.2) is 11.5 Å². The summed E-state index contributed by atoms with van der Waals surface area (Å²) in [6.45, 7) is 8.05. The van der Waals surface area contributed by atoms with Gasteiger partial charge in [0.05, 0.1) is 4.47 Å². The Morgan fingerprint density at radius 1 is 1.26 bits per heavy atom. The van der Waals surface area contributed by atoms with E-state index in [0.717, 1.165) is 29.1 Å². The van der Waals surface area contributed by atoms with Gasteiger partial charge in [-0.3, -0.25) is 4.90 Å². The van der Waals surface area contributed by atoms with Gasteiger partial charge in [-0.25, -0.2) is 0 Å². The maximum absolute atomic E-state index is 5.95. The first-order valence-electron chi connectivity index (χ1n) is 6.74. The van der Waals surface area contributed by atoms with E-state index in [-0.39, 0.29) is 6.04 Å². The first-order chi connectivity index (χ1) is 9.21. The van der Waals surface area contributed by atoms with Crippen LogP contribution < -0.4 is 15.2 Å². The smallest absolute Gasteiger partial charge is 0.175 e. The number of nitrogens with zero attached hydrogens (tertiary/aromatic N) is 1. The summed E-state index contributed by atoms with van der Waals surface area (Å²) < 4.78 is 12.2. The second-order valence-corrected chi connectivity index (χ2v) is 5.35. The molecule has 0 saturated heterocycles. The van der Waals surface area contributed by atoms with Crippen molar-refractivity contribution >= 4 is 15.9 Å². The van der Waals surface area contributed by atoms with Gasteiger partial charge in [0.1, 0.15) is 13.2 Å². The highest BCUT2D eigenvalue weighted by Crippen LogP contribution is 2.40. The van der Waals surface area contributed by atoms with Gasteiger partial charge in [-0.1, -0.05) is 13.8 Å². The molecule has 2 rings (SSSR count). The lowest BCUT2D eigenvalue weighted by Crippen LogP contribution is -2.33. The number of benzene rings is 1. The summed E-state index contributed by atoms with van der Waals surface area (Å²) in [5.41, 5.74) is 7.12. The number of nitrogens with two attached hydrogens (primary N) is 1. The molecule has 4 nitrogen and oxygen atoms in total. The van der Waals surface area contributed by atoms with E-state index in [1.807, 2.05) is 0 Å². The monoisotopic (exact) mass is 328 g/mol. The molecule has 1 aromatic rings. The molecule has 0 saturated carbocycles. The van der Waals surface area contributed by atoms with E-state index >= 15 is 0 Å². The van der Waals surface area contributed by atoms with Crippen LogP contribution in [0.15, 0.2) is 16.6 Å². The predicted octanol–water partition coefficient (Wildman–Crippen LogP) is 2.56. The van der Waals surface area contributed by atoms with Crippen molar-refractivity contribution in [1.29, 1.82) is 0 Å². The van der Waals surface area contributed by atoms with Crippen molar-refractivity contribution in [3.05, 3.63) is 22.2 Å². The number of hydrogen-bond donors (Lipinski definition) is 1. The molecule has 0 spiro atoms. The molecule has 1 unspecified atom stereocenters. The lowest BCUT2D eigenvalue weighted by atomic mass is 10.0. The maximum Gasteiger partial charge on any atom is 0.175 e. The Labute approximate surface area is 123 Å². The molecule has 0 fully saturated rings. The largest absolute Gasteiger partial charge is 0.486 e. The van der Waals surface area contributed by atoms with Gasteiger partial charge in [-0.05, 0) is 46.7 Å². The summed E-state index contributed by atoms with van der Waals surface area (Å²) in [7, 11) is 0. The molecule has 1 aliphatic heterocycles. The Hall–Kier alpha value is -0.780. The number of fused-ring (bicyclic) bond motifs is 1. The molecule has 1 aromatic carbocycles. The van der Waals surface area contributed by atoms with Crippen LogP contribution in [0.25, 0.3) is 0 Å². The summed E-state index contributed by atoms with van der Waals surface area (Å²) in [4.78, 5) is 2.35. The minimum absolute atomic E-state index is 0.210.